The molecular weight excluding hydrogens is 480 g/mol. The Morgan fingerprint density at radius 1 is 1.08 bits per heavy atom. The van der Waals surface area contributed by atoms with Gasteiger partial charge in [-0.05, 0) is 76.0 Å². The Balaban J connectivity index is 1.60. The quantitative estimate of drug-likeness (QED) is 0.395. The number of piperidine rings is 1. The van der Waals surface area contributed by atoms with Crippen LogP contribution < -0.4 is 10.5 Å². The van der Waals surface area contributed by atoms with Crippen molar-refractivity contribution in [3.8, 4) is 11.5 Å². The molecule has 1 unspecified atom stereocenters. The van der Waals surface area contributed by atoms with Crippen LogP contribution >= 0.6 is 0 Å². The number of carbonyl (C=O) groups excluding carboxylic acids is 1. The highest BCUT2D eigenvalue weighted by atomic mass is 16.5. The molecule has 5 atom stereocenters. The number of aryl methyl sites for hydroxylation is 1. The van der Waals surface area contributed by atoms with E-state index in [0.717, 1.165) is 42.6 Å². The van der Waals surface area contributed by atoms with Crippen molar-refractivity contribution in [2.75, 3.05) is 26.8 Å². The first kappa shape index (κ1) is 28.6. The number of para-hydroxylation sites is 2. The van der Waals surface area contributed by atoms with Crippen molar-refractivity contribution in [1.82, 2.24) is 4.90 Å². The Bertz CT molecular complexity index is 1060. The molecule has 208 valence electrons. The predicted octanol–water partition coefficient (Wildman–Crippen LogP) is 4.52. The second-order valence-corrected chi connectivity index (χ2v) is 11.1. The first-order chi connectivity index (χ1) is 18.3. The molecule has 4 rings (SSSR count). The van der Waals surface area contributed by atoms with E-state index in [1.54, 1.807) is 7.11 Å². The van der Waals surface area contributed by atoms with Gasteiger partial charge in [0.1, 0.15) is 11.5 Å². The number of hydrogen-bond donors (Lipinski definition) is 3. The van der Waals surface area contributed by atoms with E-state index in [-0.39, 0.29) is 23.8 Å². The van der Waals surface area contributed by atoms with Crippen molar-refractivity contribution in [2.24, 2.45) is 17.6 Å². The molecule has 0 bridgehead atoms. The third-order valence-corrected chi connectivity index (χ3v) is 8.44. The highest BCUT2D eigenvalue weighted by molar-refractivity contribution is 5.79. The van der Waals surface area contributed by atoms with Gasteiger partial charge >= 0.3 is 0 Å². The maximum Gasteiger partial charge on any atom is 0.225 e. The molecule has 1 saturated carbocycles. The molecule has 1 heterocycles. The van der Waals surface area contributed by atoms with Crippen LogP contribution in [0.2, 0.25) is 0 Å². The number of amides is 1. The zero-order chi connectivity index (χ0) is 27.1. The maximum absolute atomic E-state index is 13.5. The van der Waals surface area contributed by atoms with Crippen molar-refractivity contribution >= 4 is 5.91 Å². The number of benzene rings is 2. The fourth-order valence-corrected chi connectivity index (χ4v) is 6.14. The van der Waals surface area contributed by atoms with Gasteiger partial charge in [0.25, 0.3) is 0 Å². The van der Waals surface area contributed by atoms with Gasteiger partial charge in [0.15, 0.2) is 0 Å². The van der Waals surface area contributed by atoms with Crippen LogP contribution in [0, 0.1) is 18.8 Å². The molecule has 7 nitrogen and oxygen atoms in total. The van der Waals surface area contributed by atoms with Gasteiger partial charge in [-0.25, -0.2) is 0 Å². The van der Waals surface area contributed by atoms with Crippen LogP contribution in [0.25, 0.3) is 0 Å². The lowest BCUT2D eigenvalue weighted by atomic mass is 9.73. The SMILES string of the molecule is COCCCC[C@@](O)(c1ccccc1Oc1ccccc1C)[C@@H]1CCCN(C(=O)C2CC[C@@H](O)[C@@H](N)C2)C1. The molecule has 1 aliphatic carbocycles. The van der Waals surface area contributed by atoms with Gasteiger partial charge < -0.3 is 30.3 Å². The summed E-state index contributed by atoms with van der Waals surface area (Å²) in [5, 5.41) is 22.5. The van der Waals surface area contributed by atoms with Gasteiger partial charge in [-0.15, -0.1) is 0 Å². The number of nitrogens with zero attached hydrogens (tertiary/aromatic N) is 1. The number of carbonyl (C=O) groups is 1. The molecular formula is C31H44N2O5. The van der Waals surface area contributed by atoms with E-state index in [2.05, 4.69) is 0 Å². The zero-order valence-electron chi connectivity index (χ0n) is 22.9. The Kier molecular flexibility index (Phi) is 9.82. The average molecular weight is 525 g/mol. The summed E-state index contributed by atoms with van der Waals surface area (Å²) in [4.78, 5) is 15.4. The van der Waals surface area contributed by atoms with E-state index in [1.807, 2.05) is 60.4 Å². The summed E-state index contributed by atoms with van der Waals surface area (Å²) < 4.78 is 11.7. The van der Waals surface area contributed by atoms with Gasteiger partial charge in [0.05, 0.1) is 11.7 Å². The lowest BCUT2D eigenvalue weighted by Crippen LogP contribution is -2.51. The monoisotopic (exact) mass is 524 g/mol. The molecule has 1 aliphatic heterocycles. The number of methoxy groups -OCH3 is 1. The highest BCUT2D eigenvalue weighted by Crippen LogP contribution is 2.45. The van der Waals surface area contributed by atoms with Gasteiger partial charge in [-0.3, -0.25) is 4.79 Å². The molecule has 2 aliphatic rings. The minimum atomic E-state index is -1.16. The summed E-state index contributed by atoms with van der Waals surface area (Å²) >= 11 is 0. The number of rotatable bonds is 10. The molecule has 1 saturated heterocycles. The minimum absolute atomic E-state index is 0.100. The molecule has 0 radical (unpaired) electrons. The highest BCUT2D eigenvalue weighted by Gasteiger charge is 2.44. The number of unbranched alkanes of at least 4 members (excludes halogenated alkanes) is 1. The van der Waals surface area contributed by atoms with E-state index in [1.165, 1.54) is 0 Å². The Morgan fingerprint density at radius 3 is 2.55 bits per heavy atom. The molecule has 7 heteroatoms. The van der Waals surface area contributed by atoms with E-state index < -0.39 is 11.7 Å². The topological polar surface area (TPSA) is 105 Å². The van der Waals surface area contributed by atoms with Crippen LogP contribution in [0.5, 0.6) is 11.5 Å². The Morgan fingerprint density at radius 2 is 1.82 bits per heavy atom. The summed E-state index contributed by atoms with van der Waals surface area (Å²) in [6, 6.07) is 15.3. The number of aliphatic hydroxyl groups is 2. The van der Waals surface area contributed by atoms with Crippen LogP contribution in [0.3, 0.4) is 0 Å². The molecule has 2 aromatic carbocycles. The largest absolute Gasteiger partial charge is 0.457 e. The first-order valence-electron chi connectivity index (χ1n) is 14.1. The zero-order valence-corrected chi connectivity index (χ0v) is 22.9. The molecule has 2 fully saturated rings. The summed E-state index contributed by atoms with van der Waals surface area (Å²) in [6.45, 7) is 3.83. The van der Waals surface area contributed by atoms with E-state index >= 15 is 0 Å². The van der Waals surface area contributed by atoms with Crippen molar-refractivity contribution in [3.05, 3.63) is 59.7 Å². The standard InChI is InChI=1S/C31H44N2O5/c1-22-10-3-5-13-28(22)38-29-14-6-4-12-25(29)31(36,17-7-8-19-37-2)24-11-9-18-33(21-24)30(35)23-15-16-27(34)26(32)20-23/h3-6,10,12-14,23-24,26-27,34,36H,7-9,11,15-21,32H2,1-2H3/t23?,24-,26+,27-,31+/m1/s1. The van der Waals surface area contributed by atoms with Gasteiger partial charge in [0.2, 0.25) is 5.91 Å². The van der Waals surface area contributed by atoms with Crippen LogP contribution in [0.4, 0.5) is 0 Å². The Hall–Kier alpha value is -2.45. The summed E-state index contributed by atoms with van der Waals surface area (Å²) in [7, 11) is 1.69. The van der Waals surface area contributed by atoms with Crippen LogP contribution in [-0.2, 0) is 15.1 Å². The average Bonchev–Trinajstić information content (AvgIpc) is 2.94. The van der Waals surface area contributed by atoms with Gasteiger partial charge in [-0.2, -0.15) is 0 Å². The van der Waals surface area contributed by atoms with Gasteiger partial charge in [0, 0.05) is 50.2 Å². The fourth-order valence-electron chi connectivity index (χ4n) is 6.14. The van der Waals surface area contributed by atoms with E-state index in [0.29, 0.717) is 51.1 Å². The molecule has 0 aromatic heterocycles. The number of ether oxygens (including phenoxy) is 2. The normalized spacial score (nSPS) is 25.6. The second-order valence-electron chi connectivity index (χ2n) is 11.1. The van der Waals surface area contributed by atoms with Crippen LogP contribution in [0.1, 0.15) is 62.5 Å². The smallest absolute Gasteiger partial charge is 0.225 e. The summed E-state index contributed by atoms with van der Waals surface area (Å²) in [5.41, 5.74) is 6.72. The minimum Gasteiger partial charge on any atom is -0.457 e. The molecule has 2 aromatic rings. The molecule has 4 N–H and O–H groups in total. The summed E-state index contributed by atoms with van der Waals surface area (Å²) in [6.07, 6.45) is 5.04. The number of aliphatic hydroxyl groups excluding tert-OH is 1. The van der Waals surface area contributed by atoms with Crippen molar-refractivity contribution in [3.63, 3.8) is 0 Å². The molecule has 0 spiro atoms. The third kappa shape index (κ3) is 6.57. The van der Waals surface area contributed by atoms with E-state index in [9.17, 15) is 15.0 Å². The van der Waals surface area contributed by atoms with Crippen molar-refractivity contribution < 1.29 is 24.5 Å². The Labute approximate surface area is 226 Å². The number of likely N-dealkylation sites (tertiary alicyclic amines) is 1. The lowest BCUT2D eigenvalue weighted by molar-refractivity contribution is -0.143. The summed E-state index contributed by atoms with van der Waals surface area (Å²) in [5.74, 6) is 1.21. The van der Waals surface area contributed by atoms with Crippen molar-refractivity contribution in [2.45, 2.75) is 76.0 Å². The molecule has 1 amide bonds. The maximum atomic E-state index is 13.5. The third-order valence-electron chi connectivity index (χ3n) is 8.44. The van der Waals surface area contributed by atoms with Crippen LogP contribution in [0.15, 0.2) is 48.5 Å². The van der Waals surface area contributed by atoms with Crippen LogP contribution in [-0.4, -0.2) is 60.0 Å². The van der Waals surface area contributed by atoms with Crippen molar-refractivity contribution in [1.29, 1.82) is 0 Å². The fraction of sp³-hybridized carbons (Fsp3) is 0.581. The lowest BCUT2D eigenvalue weighted by Gasteiger charge is -2.44. The second kappa shape index (κ2) is 13.1. The number of hydrogen-bond acceptors (Lipinski definition) is 6. The predicted molar refractivity (Wildman–Crippen MR) is 148 cm³/mol. The first-order valence-corrected chi connectivity index (χ1v) is 14.1. The number of nitrogens with two attached hydrogens (primary N) is 1. The van der Waals surface area contributed by atoms with Gasteiger partial charge in [-0.1, -0.05) is 36.4 Å². The molecule has 38 heavy (non-hydrogen) atoms. The van der Waals surface area contributed by atoms with E-state index in [4.69, 9.17) is 15.2 Å².